The largest absolute Gasteiger partial charge is 0.465 e. The molecule has 27 nitrogen and oxygen atoms in total. The number of nitrogens with zero attached hydrogens (tertiary/aromatic N) is 7. The van der Waals surface area contributed by atoms with Crippen molar-refractivity contribution in [1.82, 2.24) is 13.7 Å². The second kappa shape index (κ2) is 49.8. The minimum absolute atomic E-state index is 0. The Bertz CT molecular complexity index is 2430. The van der Waals surface area contributed by atoms with E-state index in [2.05, 4.69) is 44.1 Å². The molecule has 0 aliphatic rings. The number of aryl methyl sites for hydroxylation is 6. The van der Waals surface area contributed by atoms with E-state index in [9.17, 15) is 38.4 Å². The SMILES string of the molecule is CCn1cc[n+](CCCOC(=O)C(C)(COC)COC(C)=O)c1.CCn1cc[n+](CCCOC(=O)C(C)(COC)COC(C)=O)c1.COCC(C)(COC(C)=O)C(=O)OCCC[N+](C)(C)C.COCC(C)(COC(C)=O)C(=O)OCCCn1cc[n+](C)c1.[CH3-].[CH3-].[CH3-].[CH3-]. The lowest BCUT2D eigenvalue weighted by Gasteiger charge is -2.27. The zero-order chi connectivity index (χ0) is 67.0. The van der Waals surface area contributed by atoms with Crippen molar-refractivity contribution in [3.8, 4) is 0 Å². The minimum atomic E-state index is -0.987. The summed E-state index contributed by atoms with van der Waals surface area (Å²) in [4.78, 5) is 92.4. The normalized spacial score (nSPS) is 13.1. The van der Waals surface area contributed by atoms with E-state index in [1.807, 2.05) is 81.5 Å². The van der Waals surface area contributed by atoms with E-state index in [0.29, 0.717) is 45.7 Å². The lowest BCUT2D eigenvalue weighted by molar-refractivity contribution is -0.870. The number of hydrogen-bond acceptors (Lipinski definition) is 20. The molecule has 0 fully saturated rings. The molecular formula is C65H119N7O20. The van der Waals surface area contributed by atoms with Crippen LogP contribution in [0, 0.1) is 51.4 Å². The summed E-state index contributed by atoms with van der Waals surface area (Å²) in [6, 6.07) is 0. The van der Waals surface area contributed by atoms with Gasteiger partial charge in [-0.1, -0.05) is 0 Å². The van der Waals surface area contributed by atoms with E-state index < -0.39 is 69.4 Å². The number of esters is 8. The van der Waals surface area contributed by atoms with Gasteiger partial charge in [-0.15, -0.1) is 0 Å². The van der Waals surface area contributed by atoms with Crippen molar-refractivity contribution in [2.24, 2.45) is 28.7 Å². The van der Waals surface area contributed by atoms with Crippen molar-refractivity contribution >= 4 is 47.8 Å². The average Bonchev–Trinajstić information content (AvgIpc) is 2.55. The van der Waals surface area contributed by atoms with Gasteiger partial charge in [-0.25, -0.2) is 27.4 Å². The summed E-state index contributed by atoms with van der Waals surface area (Å²) in [6.07, 6.45) is 20.8. The highest BCUT2D eigenvalue weighted by molar-refractivity contribution is 5.79. The Morgan fingerprint density at radius 3 is 0.924 bits per heavy atom. The number of carbonyl (C=O) groups is 8. The van der Waals surface area contributed by atoms with Crippen molar-refractivity contribution in [3.05, 3.63) is 85.9 Å². The molecule has 0 saturated carbocycles. The van der Waals surface area contributed by atoms with Crippen LogP contribution in [0.4, 0.5) is 0 Å². The summed E-state index contributed by atoms with van der Waals surface area (Å²) in [5.74, 6) is -3.39. The molecule has 0 spiro atoms. The molecular weight excluding hydrogens is 1200 g/mol. The quantitative estimate of drug-likeness (QED) is 0.0182. The molecule has 3 aromatic heterocycles. The highest BCUT2D eigenvalue weighted by Crippen LogP contribution is 2.23. The van der Waals surface area contributed by atoms with Gasteiger partial charge in [0.2, 0.25) is 19.0 Å². The number of aromatic nitrogens is 6. The first-order chi connectivity index (χ1) is 41.3. The first-order valence-electron chi connectivity index (χ1n) is 29.4. The monoisotopic (exact) mass is 1320 g/mol. The van der Waals surface area contributed by atoms with Crippen LogP contribution in [0.3, 0.4) is 0 Å². The third-order valence-corrected chi connectivity index (χ3v) is 12.8. The zero-order valence-electron chi connectivity index (χ0n) is 60.0. The predicted molar refractivity (Wildman–Crippen MR) is 344 cm³/mol. The van der Waals surface area contributed by atoms with Crippen molar-refractivity contribution in [2.75, 3.05) is 135 Å². The van der Waals surface area contributed by atoms with E-state index in [-0.39, 0.29) is 82.6 Å². The van der Waals surface area contributed by atoms with Crippen LogP contribution in [-0.4, -0.2) is 201 Å². The van der Waals surface area contributed by atoms with Crippen LogP contribution >= 0.6 is 0 Å². The van der Waals surface area contributed by atoms with Crippen LogP contribution < -0.4 is 13.7 Å². The summed E-state index contributed by atoms with van der Waals surface area (Å²) < 4.78 is 74.1. The summed E-state index contributed by atoms with van der Waals surface area (Å²) in [5, 5.41) is 0. The van der Waals surface area contributed by atoms with Crippen LogP contribution in [0.5, 0.6) is 0 Å². The Hall–Kier alpha value is -6.81. The molecule has 27 heteroatoms. The molecule has 3 aromatic rings. The molecule has 0 bridgehead atoms. The van der Waals surface area contributed by atoms with E-state index in [0.717, 1.165) is 50.2 Å². The maximum Gasteiger partial charge on any atom is 0.317 e. The average molecular weight is 1320 g/mol. The third-order valence-electron chi connectivity index (χ3n) is 12.8. The maximum atomic E-state index is 12.2. The molecule has 0 N–H and O–H groups in total. The molecule has 3 heterocycles. The number of quaternary nitrogens is 1. The lowest BCUT2D eigenvalue weighted by Crippen LogP contribution is -2.40. The molecule has 0 aliphatic heterocycles. The fourth-order valence-electron chi connectivity index (χ4n) is 7.74. The Balaban J connectivity index is -0.000000361. The standard InChI is InChI=1S/2C16H27N2O5.C15H25N2O5.C14H28NO5.4CH3/c2*1-5-17-8-9-18(13-17)7-6-10-22-15(20)16(3,11-21-4)12-23-14(2)19;1-13(18)22-11-15(2,10-20-4)14(19)21-9-5-6-17-8-7-16(3)12-17;1-12(16)20-11-14(2,10-18-6)13(17)19-9-7-8-15(3,4)5;;;;/h2*8-9,13H,5-7,10-12H2,1-4H3;7-8,12H,5-6,9-11H2,1-4H3;7-11H2,1-6H3;4*1H3/q4*+1;4*-1. The molecule has 534 valence electrons. The molecule has 0 aliphatic carbocycles. The lowest BCUT2D eigenvalue weighted by atomic mass is 9.93. The molecule has 0 saturated heterocycles. The number of rotatable bonds is 38. The number of ether oxygens (including phenoxy) is 12. The van der Waals surface area contributed by atoms with Gasteiger partial charge in [-0.3, -0.25) is 38.4 Å². The van der Waals surface area contributed by atoms with Gasteiger partial charge < -0.3 is 91.0 Å². The highest BCUT2D eigenvalue weighted by Gasteiger charge is 2.40. The van der Waals surface area contributed by atoms with Gasteiger partial charge in [0.15, 0.2) is 0 Å². The smallest absolute Gasteiger partial charge is 0.317 e. The van der Waals surface area contributed by atoms with Crippen molar-refractivity contribution in [3.63, 3.8) is 0 Å². The van der Waals surface area contributed by atoms with E-state index in [4.69, 9.17) is 56.8 Å². The van der Waals surface area contributed by atoms with E-state index in [1.54, 1.807) is 27.7 Å². The number of imidazole rings is 3. The fraction of sp³-hybridized carbons (Fsp3) is 0.677. The summed E-state index contributed by atoms with van der Waals surface area (Å²) >= 11 is 0. The third kappa shape index (κ3) is 40.9. The molecule has 4 atom stereocenters. The summed E-state index contributed by atoms with van der Waals surface area (Å²) in [5.41, 5.74) is -3.92. The van der Waals surface area contributed by atoms with Crippen LogP contribution in [0.15, 0.2) is 56.2 Å². The maximum absolute atomic E-state index is 12.2. The van der Waals surface area contributed by atoms with Crippen LogP contribution in [0.1, 0.15) is 94.9 Å². The van der Waals surface area contributed by atoms with Gasteiger partial charge in [-0.05, 0) is 41.5 Å². The molecule has 0 radical (unpaired) electrons. The number of hydrogen-bond donors (Lipinski definition) is 0. The predicted octanol–water partition coefficient (Wildman–Crippen LogP) is 4.99. The van der Waals surface area contributed by atoms with Gasteiger partial charge in [0.05, 0.1) is 120 Å². The Labute approximate surface area is 550 Å². The Morgan fingerprint density at radius 1 is 0.402 bits per heavy atom. The fourth-order valence-corrected chi connectivity index (χ4v) is 7.74. The van der Waals surface area contributed by atoms with Crippen molar-refractivity contribution in [2.45, 2.75) is 128 Å². The molecule has 0 aromatic carbocycles. The van der Waals surface area contributed by atoms with Crippen molar-refractivity contribution < 1.29 is 113 Å². The first-order valence-corrected chi connectivity index (χ1v) is 29.4. The minimum Gasteiger partial charge on any atom is -0.465 e. The topological polar surface area (TPSA) is 274 Å². The van der Waals surface area contributed by atoms with Gasteiger partial charge in [0, 0.05) is 81.8 Å². The Kier molecular flexibility index (Phi) is 50.8. The summed E-state index contributed by atoms with van der Waals surface area (Å²) in [6.45, 7) is 22.7. The molecule has 4 unspecified atom stereocenters. The van der Waals surface area contributed by atoms with E-state index >= 15 is 0 Å². The van der Waals surface area contributed by atoms with Crippen LogP contribution in [-0.2, 0) is 135 Å². The van der Waals surface area contributed by atoms with Gasteiger partial charge in [0.1, 0.15) is 85.3 Å². The summed E-state index contributed by atoms with van der Waals surface area (Å²) in [7, 11) is 14.2. The second-order valence-electron chi connectivity index (χ2n) is 23.3. The number of carbonyl (C=O) groups excluding carboxylic acids is 8. The molecule has 3 rings (SSSR count). The van der Waals surface area contributed by atoms with Gasteiger partial charge in [0.25, 0.3) is 0 Å². The molecule has 0 amide bonds. The van der Waals surface area contributed by atoms with Gasteiger partial charge in [-0.2, -0.15) is 0 Å². The van der Waals surface area contributed by atoms with Gasteiger partial charge >= 0.3 is 47.8 Å². The highest BCUT2D eigenvalue weighted by atomic mass is 16.6. The van der Waals surface area contributed by atoms with Crippen LogP contribution in [0.25, 0.3) is 0 Å². The van der Waals surface area contributed by atoms with Crippen LogP contribution in [0.2, 0.25) is 0 Å². The first kappa shape index (κ1) is 93.9. The second-order valence-corrected chi connectivity index (χ2v) is 23.3. The molecule has 92 heavy (non-hydrogen) atoms. The number of methoxy groups -OCH3 is 4. The van der Waals surface area contributed by atoms with E-state index in [1.165, 1.54) is 56.1 Å². The van der Waals surface area contributed by atoms with Crippen molar-refractivity contribution in [1.29, 1.82) is 0 Å². The zero-order valence-corrected chi connectivity index (χ0v) is 60.0. The Morgan fingerprint density at radius 2 is 0.685 bits per heavy atom.